The molecule has 0 bridgehead atoms. The molecule has 0 fully saturated rings. The minimum atomic E-state index is -3.28. The lowest BCUT2D eigenvalue weighted by atomic mass is 10.1. The summed E-state index contributed by atoms with van der Waals surface area (Å²) in [6.07, 6.45) is 2.86. The Bertz CT molecular complexity index is 1130. The van der Waals surface area contributed by atoms with Crippen LogP contribution >= 0.6 is 7.14 Å². The Morgan fingerprint density at radius 2 is 1.48 bits per heavy atom. The lowest BCUT2D eigenvalue weighted by molar-refractivity contribution is 0.592. The van der Waals surface area contributed by atoms with E-state index in [1.54, 1.807) is 6.07 Å². The Morgan fingerprint density at radius 3 is 2.07 bits per heavy atom. The first-order valence-electron chi connectivity index (χ1n) is 9.94. The summed E-state index contributed by atoms with van der Waals surface area (Å²) < 4.78 is 29.0. The molecule has 0 amide bonds. The van der Waals surface area contributed by atoms with Gasteiger partial charge >= 0.3 is 0 Å². The Labute approximate surface area is 170 Å². The van der Waals surface area contributed by atoms with E-state index >= 15 is 0 Å². The zero-order chi connectivity index (χ0) is 20.3. The third-order valence-electron chi connectivity index (χ3n) is 5.15. The molecule has 0 aliphatic heterocycles. The molecule has 0 saturated heterocycles. The smallest absolute Gasteiger partial charge is 0.189 e. The Kier molecular flexibility index (Phi) is 5.60. The summed E-state index contributed by atoms with van der Waals surface area (Å²) in [5.74, 6) is -0.352. The molecule has 2 nitrogen and oxygen atoms in total. The van der Waals surface area contributed by atoms with E-state index in [2.05, 4.69) is 6.92 Å². The molecule has 0 unspecified atom stereocenters. The zero-order valence-electron chi connectivity index (χ0n) is 16.4. The van der Waals surface area contributed by atoms with E-state index in [4.69, 9.17) is 4.98 Å². The van der Waals surface area contributed by atoms with Gasteiger partial charge in [-0.25, -0.2) is 9.37 Å². The van der Waals surface area contributed by atoms with Crippen LogP contribution in [-0.4, -0.2) is 4.98 Å². The summed E-state index contributed by atoms with van der Waals surface area (Å²) in [6.45, 7) is 2.14. The van der Waals surface area contributed by atoms with Gasteiger partial charge in [0.15, 0.2) is 7.14 Å². The van der Waals surface area contributed by atoms with Crippen LogP contribution in [0.1, 0.15) is 25.5 Å². The van der Waals surface area contributed by atoms with Gasteiger partial charge in [0.05, 0.1) is 0 Å². The number of nitrogens with zero attached hydrogens (tertiary/aromatic N) is 1. The molecular weight excluding hydrogens is 380 g/mol. The van der Waals surface area contributed by atoms with Gasteiger partial charge in [0.2, 0.25) is 0 Å². The van der Waals surface area contributed by atoms with Crippen LogP contribution in [0.25, 0.3) is 10.8 Å². The molecule has 4 heteroatoms. The van der Waals surface area contributed by atoms with Crippen LogP contribution in [0.5, 0.6) is 0 Å². The Hall–Kier alpha value is -2.77. The number of benzene rings is 3. The number of aromatic nitrogens is 1. The summed E-state index contributed by atoms with van der Waals surface area (Å²) in [5, 5.41) is 2.89. The molecular formula is C25H23FNOP. The maximum absolute atomic E-state index is 14.8. The predicted molar refractivity (Wildman–Crippen MR) is 120 cm³/mol. The van der Waals surface area contributed by atoms with Crippen molar-refractivity contribution in [2.75, 3.05) is 0 Å². The maximum atomic E-state index is 14.8. The van der Waals surface area contributed by atoms with Crippen LogP contribution in [0.4, 0.5) is 4.39 Å². The summed E-state index contributed by atoms with van der Waals surface area (Å²) in [6, 6.07) is 25.5. The van der Waals surface area contributed by atoms with Crippen molar-refractivity contribution in [2.24, 2.45) is 0 Å². The predicted octanol–water partition coefficient (Wildman–Crippen LogP) is 5.36. The van der Waals surface area contributed by atoms with Gasteiger partial charge in [0, 0.05) is 21.7 Å². The highest BCUT2D eigenvalue weighted by atomic mass is 31.2. The van der Waals surface area contributed by atoms with Gasteiger partial charge in [-0.3, -0.25) is 0 Å². The molecule has 0 radical (unpaired) electrons. The van der Waals surface area contributed by atoms with Crippen molar-refractivity contribution >= 4 is 34.0 Å². The fourth-order valence-electron chi connectivity index (χ4n) is 3.65. The summed E-state index contributed by atoms with van der Waals surface area (Å²) in [7, 11) is -3.28. The Morgan fingerprint density at radius 1 is 0.862 bits per heavy atom. The van der Waals surface area contributed by atoms with Crippen LogP contribution in [0.15, 0.2) is 84.9 Å². The molecule has 0 aliphatic rings. The first kappa shape index (κ1) is 19.5. The molecule has 0 saturated carbocycles. The van der Waals surface area contributed by atoms with E-state index in [1.165, 1.54) is 12.1 Å². The lowest BCUT2D eigenvalue weighted by Gasteiger charge is -2.21. The van der Waals surface area contributed by atoms with Crippen LogP contribution in [0, 0.1) is 5.82 Å². The third-order valence-corrected chi connectivity index (χ3v) is 8.14. The highest BCUT2D eigenvalue weighted by molar-refractivity contribution is 7.85. The molecule has 4 aromatic rings. The van der Waals surface area contributed by atoms with Crippen LogP contribution in [-0.2, 0) is 11.0 Å². The second-order valence-corrected chi connectivity index (χ2v) is 9.86. The Balaban J connectivity index is 2.07. The SMILES string of the molecule is CCCCc1cc2ccc(F)cc2c(P(=O)(c2ccccc2)c2ccccc2)n1. The van der Waals surface area contributed by atoms with Gasteiger partial charge in [-0.2, -0.15) is 0 Å². The number of hydrogen-bond acceptors (Lipinski definition) is 2. The monoisotopic (exact) mass is 403 g/mol. The van der Waals surface area contributed by atoms with Crippen molar-refractivity contribution < 1.29 is 8.96 Å². The van der Waals surface area contributed by atoms with Crippen molar-refractivity contribution in [1.29, 1.82) is 0 Å². The fourth-order valence-corrected chi connectivity index (χ4v) is 6.42. The first-order chi connectivity index (χ1) is 14.1. The summed E-state index contributed by atoms with van der Waals surface area (Å²) >= 11 is 0. The van der Waals surface area contributed by atoms with Gasteiger partial charge in [-0.05, 0) is 36.4 Å². The van der Waals surface area contributed by atoms with Crippen LogP contribution in [0.2, 0.25) is 0 Å². The number of hydrogen-bond donors (Lipinski definition) is 0. The third kappa shape index (κ3) is 3.75. The van der Waals surface area contributed by atoms with Crippen molar-refractivity contribution in [3.8, 4) is 0 Å². The molecule has 0 aliphatic carbocycles. The quantitative estimate of drug-likeness (QED) is 0.406. The number of rotatable bonds is 6. The van der Waals surface area contributed by atoms with Crippen molar-refractivity contribution in [3.05, 3.63) is 96.4 Å². The average molecular weight is 403 g/mol. The standard InChI is InChI=1S/C25H23FNOP/c1-2-3-10-21-17-19-15-16-20(26)18-24(19)25(27-21)29(28,22-11-6-4-7-12-22)23-13-8-5-9-14-23/h4-9,11-18H,2-3,10H2,1H3. The average Bonchev–Trinajstić information content (AvgIpc) is 2.78. The summed E-state index contributed by atoms with van der Waals surface area (Å²) in [5.41, 5.74) is 1.37. The molecule has 1 heterocycles. The molecule has 29 heavy (non-hydrogen) atoms. The van der Waals surface area contributed by atoms with Crippen molar-refractivity contribution in [2.45, 2.75) is 26.2 Å². The number of aryl methyl sites for hydroxylation is 1. The molecule has 3 aromatic carbocycles. The van der Waals surface area contributed by atoms with E-state index in [0.717, 1.165) is 30.3 Å². The first-order valence-corrected chi connectivity index (χ1v) is 11.6. The zero-order valence-corrected chi connectivity index (χ0v) is 17.3. The van der Waals surface area contributed by atoms with Crippen LogP contribution < -0.4 is 16.0 Å². The van der Waals surface area contributed by atoms with Crippen molar-refractivity contribution in [3.63, 3.8) is 0 Å². The molecule has 0 N–H and O–H groups in total. The molecule has 146 valence electrons. The maximum Gasteiger partial charge on any atom is 0.189 e. The largest absolute Gasteiger partial charge is 0.307 e. The molecule has 1 aromatic heterocycles. The lowest BCUT2D eigenvalue weighted by Crippen LogP contribution is -2.28. The minimum absolute atomic E-state index is 0.352. The molecule has 0 spiro atoms. The van der Waals surface area contributed by atoms with E-state index in [0.29, 0.717) is 21.4 Å². The van der Waals surface area contributed by atoms with Gasteiger partial charge in [-0.1, -0.05) is 80.1 Å². The second-order valence-electron chi connectivity index (χ2n) is 7.19. The number of unbranched alkanes of at least 4 members (excludes halogenated alkanes) is 1. The minimum Gasteiger partial charge on any atom is -0.307 e. The second kappa shape index (κ2) is 8.31. The molecule has 0 atom stereocenters. The van der Waals surface area contributed by atoms with E-state index in [-0.39, 0.29) is 5.82 Å². The molecule has 4 rings (SSSR count). The normalized spacial score (nSPS) is 11.7. The van der Waals surface area contributed by atoms with Gasteiger partial charge in [-0.15, -0.1) is 0 Å². The number of pyridine rings is 1. The van der Waals surface area contributed by atoms with E-state index in [9.17, 15) is 8.96 Å². The number of halogens is 1. The number of fused-ring (bicyclic) bond motifs is 1. The van der Waals surface area contributed by atoms with Crippen LogP contribution in [0.3, 0.4) is 0 Å². The van der Waals surface area contributed by atoms with Gasteiger partial charge < -0.3 is 4.57 Å². The topological polar surface area (TPSA) is 30.0 Å². The van der Waals surface area contributed by atoms with Gasteiger partial charge in [0.25, 0.3) is 0 Å². The van der Waals surface area contributed by atoms with Crippen molar-refractivity contribution in [1.82, 2.24) is 4.98 Å². The van der Waals surface area contributed by atoms with Gasteiger partial charge in [0.1, 0.15) is 11.3 Å². The highest BCUT2D eigenvalue weighted by Gasteiger charge is 2.33. The van der Waals surface area contributed by atoms with E-state index < -0.39 is 7.14 Å². The van der Waals surface area contributed by atoms with E-state index in [1.807, 2.05) is 66.7 Å². The highest BCUT2D eigenvalue weighted by Crippen LogP contribution is 2.43. The summed E-state index contributed by atoms with van der Waals surface area (Å²) in [4.78, 5) is 4.87. The fraction of sp³-hybridized carbons (Fsp3) is 0.160.